The lowest BCUT2D eigenvalue weighted by molar-refractivity contribution is -0.0328. The summed E-state index contributed by atoms with van der Waals surface area (Å²) in [6, 6.07) is 10.3. The van der Waals surface area contributed by atoms with Crippen molar-refractivity contribution in [1.82, 2.24) is 0 Å². The Bertz CT molecular complexity index is 704. The minimum Gasteiger partial charge on any atom is -0.429 e. The molecular weight excluding hydrogens is 353 g/mol. The largest absolute Gasteiger partial charge is 0.446 e. The van der Waals surface area contributed by atoms with Gasteiger partial charge in [-0.2, -0.15) is 13.2 Å². The van der Waals surface area contributed by atoms with Crippen LogP contribution >= 0.6 is 19.3 Å². The topological polar surface area (TPSA) is 38.3 Å². The smallest absolute Gasteiger partial charge is 0.429 e. The molecule has 0 saturated heterocycles. The molecule has 0 aliphatic heterocycles. The van der Waals surface area contributed by atoms with Crippen LogP contribution in [0, 0.1) is 5.82 Å². The fraction of sp³-hybridized carbons (Fsp3) is 0.143. The SMILES string of the molecule is C[P@@](=O)(Nc1ccc(SC(F)(F)F)cc1)Oc1ccc(F)cc1. The standard InChI is InChI=1S/C14H12F4NO2PS/c1-22(20,21-12-6-2-10(15)3-7-12)19-11-4-8-13(9-5-11)23-14(16,17)18/h2-9H,1H3,(H,19,20)/t22-/m0/s1. The Hall–Kier alpha value is -1.66. The molecule has 0 radical (unpaired) electrons. The van der Waals surface area contributed by atoms with Crippen molar-refractivity contribution < 1.29 is 26.7 Å². The van der Waals surface area contributed by atoms with Crippen molar-refractivity contribution in [3.63, 3.8) is 0 Å². The molecule has 3 nitrogen and oxygen atoms in total. The summed E-state index contributed by atoms with van der Waals surface area (Å²) in [6.07, 6.45) is 0. The van der Waals surface area contributed by atoms with Gasteiger partial charge in [0, 0.05) is 17.2 Å². The Labute approximate surface area is 134 Å². The number of anilines is 1. The van der Waals surface area contributed by atoms with E-state index in [-0.39, 0.29) is 22.4 Å². The van der Waals surface area contributed by atoms with Gasteiger partial charge in [0.15, 0.2) is 0 Å². The minimum absolute atomic E-state index is 0.0217. The second-order valence-electron chi connectivity index (χ2n) is 4.58. The second kappa shape index (κ2) is 6.84. The first-order chi connectivity index (χ1) is 10.6. The molecule has 23 heavy (non-hydrogen) atoms. The molecule has 0 heterocycles. The number of halogens is 4. The van der Waals surface area contributed by atoms with E-state index in [1.54, 1.807) is 0 Å². The number of alkyl halides is 3. The van der Waals surface area contributed by atoms with Crippen LogP contribution in [0.3, 0.4) is 0 Å². The summed E-state index contributed by atoms with van der Waals surface area (Å²) in [6.45, 7) is 1.31. The molecule has 0 aromatic heterocycles. The first-order valence-electron chi connectivity index (χ1n) is 6.30. The van der Waals surface area contributed by atoms with Crippen LogP contribution in [-0.4, -0.2) is 12.2 Å². The number of thioether (sulfide) groups is 1. The van der Waals surface area contributed by atoms with Crippen LogP contribution in [0.25, 0.3) is 0 Å². The van der Waals surface area contributed by atoms with E-state index in [1.807, 2.05) is 0 Å². The Morgan fingerprint density at radius 1 is 1.04 bits per heavy atom. The van der Waals surface area contributed by atoms with E-state index in [9.17, 15) is 22.1 Å². The Morgan fingerprint density at radius 2 is 1.61 bits per heavy atom. The van der Waals surface area contributed by atoms with E-state index in [0.717, 1.165) is 0 Å². The van der Waals surface area contributed by atoms with Gasteiger partial charge in [-0.15, -0.1) is 0 Å². The molecule has 0 unspecified atom stereocenters. The first kappa shape index (κ1) is 17.7. The quantitative estimate of drug-likeness (QED) is 0.416. The Morgan fingerprint density at radius 3 is 2.13 bits per heavy atom. The number of rotatable bonds is 5. The molecule has 1 atom stereocenters. The fourth-order valence-corrected chi connectivity index (χ4v) is 3.41. The van der Waals surface area contributed by atoms with Crippen molar-refractivity contribution in [3.8, 4) is 5.75 Å². The summed E-state index contributed by atoms with van der Waals surface area (Å²) >= 11 is -0.232. The molecule has 9 heteroatoms. The van der Waals surface area contributed by atoms with Gasteiger partial charge < -0.3 is 9.61 Å². The lowest BCUT2D eigenvalue weighted by atomic mass is 10.3. The van der Waals surface area contributed by atoms with E-state index in [0.29, 0.717) is 5.69 Å². The molecule has 124 valence electrons. The van der Waals surface area contributed by atoms with Crippen molar-refractivity contribution in [2.24, 2.45) is 0 Å². The third-order valence-corrected chi connectivity index (χ3v) is 4.48. The van der Waals surface area contributed by atoms with Crippen molar-refractivity contribution >= 4 is 25.0 Å². The lowest BCUT2D eigenvalue weighted by Gasteiger charge is -2.17. The maximum absolute atomic E-state index is 12.8. The number of hydrogen-bond acceptors (Lipinski definition) is 3. The summed E-state index contributed by atoms with van der Waals surface area (Å²) in [7, 11) is -3.31. The van der Waals surface area contributed by atoms with Gasteiger partial charge in [-0.05, 0) is 60.3 Å². The average Bonchev–Trinajstić information content (AvgIpc) is 2.41. The molecule has 0 bridgehead atoms. The zero-order chi connectivity index (χ0) is 17.1. The van der Waals surface area contributed by atoms with Crippen molar-refractivity contribution in [2.75, 3.05) is 11.8 Å². The van der Waals surface area contributed by atoms with Gasteiger partial charge in [-0.25, -0.2) is 4.39 Å². The van der Waals surface area contributed by atoms with Crippen LogP contribution in [0.2, 0.25) is 0 Å². The highest BCUT2D eigenvalue weighted by Gasteiger charge is 2.29. The molecule has 0 saturated carbocycles. The van der Waals surface area contributed by atoms with Crippen LogP contribution in [0.5, 0.6) is 5.75 Å². The highest BCUT2D eigenvalue weighted by atomic mass is 32.2. The van der Waals surface area contributed by atoms with Gasteiger partial charge in [-0.3, -0.25) is 4.57 Å². The van der Waals surface area contributed by atoms with Gasteiger partial charge in [0.1, 0.15) is 11.6 Å². The lowest BCUT2D eigenvalue weighted by Crippen LogP contribution is -2.02. The van der Waals surface area contributed by atoms with Gasteiger partial charge >= 0.3 is 13.0 Å². The highest BCUT2D eigenvalue weighted by Crippen LogP contribution is 2.44. The monoisotopic (exact) mass is 365 g/mol. The van der Waals surface area contributed by atoms with Crippen LogP contribution in [0.15, 0.2) is 53.4 Å². The molecule has 0 fully saturated rings. The molecule has 0 aliphatic rings. The Balaban J connectivity index is 2.02. The zero-order valence-corrected chi connectivity index (χ0v) is 13.5. The third kappa shape index (κ3) is 6.15. The predicted octanol–water partition coefficient (Wildman–Crippen LogP) is 5.75. The van der Waals surface area contributed by atoms with E-state index < -0.39 is 18.8 Å². The van der Waals surface area contributed by atoms with E-state index in [1.165, 1.54) is 55.2 Å². The van der Waals surface area contributed by atoms with Crippen molar-refractivity contribution in [3.05, 3.63) is 54.3 Å². The molecule has 0 aliphatic carbocycles. The summed E-state index contributed by atoms with van der Waals surface area (Å²) < 4.78 is 67.1. The molecular formula is C14H12F4NO2PS. The molecule has 1 N–H and O–H groups in total. The molecule has 2 aromatic rings. The first-order valence-corrected chi connectivity index (χ1v) is 9.19. The fourth-order valence-electron chi connectivity index (χ4n) is 1.69. The number of nitrogens with one attached hydrogen (secondary N) is 1. The van der Waals surface area contributed by atoms with Crippen LogP contribution < -0.4 is 9.61 Å². The third-order valence-electron chi connectivity index (χ3n) is 2.51. The molecule has 2 rings (SSSR count). The summed E-state index contributed by atoms with van der Waals surface area (Å²) in [5, 5.41) is 2.62. The van der Waals surface area contributed by atoms with E-state index in [4.69, 9.17) is 4.52 Å². The van der Waals surface area contributed by atoms with Gasteiger partial charge in [0.05, 0.1) is 0 Å². The normalized spacial score (nSPS) is 14.1. The highest BCUT2D eigenvalue weighted by molar-refractivity contribution is 8.00. The van der Waals surface area contributed by atoms with Gasteiger partial charge in [-0.1, -0.05) is 0 Å². The minimum atomic E-state index is -4.36. The average molecular weight is 365 g/mol. The van der Waals surface area contributed by atoms with Crippen molar-refractivity contribution in [2.45, 2.75) is 10.4 Å². The maximum atomic E-state index is 12.8. The van der Waals surface area contributed by atoms with E-state index in [2.05, 4.69) is 5.09 Å². The second-order valence-corrected chi connectivity index (χ2v) is 7.81. The molecule has 0 amide bonds. The predicted molar refractivity (Wildman–Crippen MR) is 82.5 cm³/mol. The number of hydrogen-bond donors (Lipinski definition) is 1. The number of benzene rings is 2. The van der Waals surface area contributed by atoms with Gasteiger partial charge in [0.2, 0.25) is 0 Å². The summed E-state index contributed by atoms with van der Waals surface area (Å²) in [4.78, 5) is 0.0217. The summed E-state index contributed by atoms with van der Waals surface area (Å²) in [5.74, 6) is -0.233. The van der Waals surface area contributed by atoms with E-state index >= 15 is 0 Å². The molecule has 0 spiro atoms. The maximum Gasteiger partial charge on any atom is 0.446 e. The van der Waals surface area contributed by atoms with Crippen molar-refractivity contribution in [1.29, 1.82) is 0 Å². The van der Waals surface area contributed by atoms with Crippen LogP contribution in [0.4, 0.5) is 23.2 Å². The van der Waals surface area contributed by atoms with Crippen LogP contribution in [-0.2, 0) is 4.57 Å². The zero-order valence-electron chi connectivity index (χ0n) is 11.8. The summed E-state index contributed by atoms with van der Waals surface area (Å²) in [5.41, 5.74) is -4.01. The Kier molecular flexibility index (Phi) is 5.26. The van der Waals surface area contributed by atoms with Gasteiger partial charge in [0.25, 0.3) is 0 Å². The molecule has 2 aromatic carbocycles. The van der Waals surface area contributed by atoms with Crippen LogP contribution in [0.1, 0.15) is 0 Å².